The average Bonchev–Trinajstić information content (AvgIpc) is 2.03. The van der Waals surface area contributed by atoms with Crippen molar-refractivity contribution in [3.63, 3.8) is 0 Å². The third kappa shape index (κ3) is 3.11. The zero-order valence-corrected chi connectivity index (χ0v) is 8.15. The van der Waals surface area contributed by atoms with E-state index in [9.17, 15) is 8.42 Å². The lowest BCUT2D eigenvalue weighted by molar-refractivity contribution is 0.292. The van der Waals surface area contributed by atoms with Crippen LogP contribution in [0.5, 0.6) is 0 Å². The van der Waals surface area contributed by atoms with Crippen LogP contribution in [0.1, 0.15) is 12.8 Å². The molecule has 0 amide bonds. The Balaban J connectivity index is 2.27. The lowest BCUT2D eigenvalue weighted by Gasteiger charge is -2.26. The highest BCUT2D eigenvalue weighted by Gasteiger charge is 2.20. The Morgan fingerprint density at radius 3 is 2.33 bits per heavy atom. The van der Waals surface area contributed by atoms with Crippen LogP contribution in [0.2, 0.25) is 0 Å². The molecule has 1 heterocycles. The Morgan fingerprint density at radius 1 is 1.25 bits per heavy atom. The number of nitrogens with zero attached hydrogens (tertiary/aromatic N) is 1. The minimum absolute atomic E-state index is 0.337. The molecule has 0 unspecified atom stereocenters. The van der Waals surface area contributed by atoms with Crippen molar-refractivity contribution >= 4 is 9.84 Å². The van der Waals surface area contributed by atoms with Crippen LogP contribution in [-0.4, -0.2) is 44.5 Å². The zero-order chi connectivity index (χ0) is 9.03. The molecule has 1 aliphatic rings. The predicted octanol–water partition coefficient (Wildman–Crippen LogP) is 0.331. The summed E-state index contributed by atoms with van der Waals surface area (Å²) in [4.78, 5) is 2.20. The van der Waals surface area contributed by atoms with Crippen LogP contribution in [0, 0.1) is 6.92 Å². The summed E-state index contributed by atoms with van der Waals surface area (Å²) in [6, 6.07) is 0. The standard InChI is InChI=1S/C8H16NO2S/c1-2-3-4-9-5-7-12(10,11)8-6-9/h1-8H2. The van der Waals surface area contributed by atoms with E-state index >= 15 is 0 Å². The van der Waals surface area contributed by atoms with Gasteiger partial charge in [0.05, 0.1) is 11.5 Å². The monoisotopic (exact) mass is 190 g/mol. The van der Waals surface area contributed by atoms with Crippen LogP contribution >= 0.6 is 0 Å². The van der Waals surface area contributed by atoms with Crippen molar-refractivity contribution in [2.24, 2.45) is 0 Å². The first-order valence-electron chi connectivity index (χ1n) is 4.36. The van der Waals surface area contributed by atoms with Crippen molar-refractivity contribution in [3.05, 3.63) is 6.92 Å². The second kappa shape index (κ2) is 4.23. The first kappa shape index (κ1) is 9.99. The summed E-state index contributed by atoms with van der Waals surface area (Å²) >= 11 is 0. The Kier molecular flexibility index (Phi) is 3.53. The molecule has 0 aromatic rings. The van der Waals surface area contributed by atoms with Gasteiger partial charge in [0, 0.05) is 13.1 Å². The molecule has 0 saturated carbocycles. The predicted molar refractivity (Wildman–Crippen MR) is 49.7 cm³/mol. The van der Waals surface area contributed by atoms with Gasteiger partial charge in [-0.15, -0.1) is 0 Å². The van der Waals surface area contributed by atoms with Gasteiger partial charge in [-0.3, -0.25) is 0 Å². The van der Waals surface area contributed by atoms with Gasteiger partial charge >= 0.3 is 0 Å². The molecular formula is C8H16NO2S. The molecule has 1 rings (SSSR count). The molecule has 1 aliphatic heterocycles. The fraction of sp³-hybridized carbons (Fsp3) is 0.875. The van der Waals surface area contributed by atoms with E-state index in [0.29, 0.717) is 24.6 Å². The minimum Gasteiger partial charge on any atom is -0.301 e. The highest BCUT2D eigenvalue weighted by Crippen LogP contribution is 2.04. The van der Waals surface area contributed by atoms with Crippen molar-refractivity contribution in [3.8, 4) is 0 Å². The summed E-state index contributed by atoms with van der Waals surface area (Å²) in [5, 5.41) is 0. The molecule has 71 valence electrons. The lowest BCUT2D eigenvalue weighted by atomic mass is 10.3. The maximum Gasteiger partial charge on any atom is 0.152 e. The molecule has 0 aromatic heterocycles. The SMILES string of the molecule is [CH2]CCCN1CCS(=O)(=O)CC1. The maximum absolute atomic E-state index is 11.0. The van der Waals surface area contributed by atoms with E-state index in [-0.39, 0.29) is 0 Å². The number of unbranched alkanes of at least 4 members (excludes halogenated alkanes) is 1. The second-order valence-electron chi connectivity index (χ2n) is 3.20. The second-order valence-corrected chi connectivity index (χ2v) is 5.50. The first-order valence-corrected chi connectivity index (χ1v) is 6.18. The molecule has 0 spiro atoms. The summed E-state index contributed by atoms with van der Waals surface area (Å²) in [6.07, 6.45) is 2.00. The summed E-state index contributed by atoms with van der Waals surface area (Å²) in [6.45, 7) is 6.17. The molecule has 12 heavy (non-hydrogen) atoms. The van der Waals surface area contributed by atoms with Crippen LogP contribution in [0.25, 0.3) is 0 Å². The Bertz CT molecular complexity index is 209. The van der Waals surface area contributed by atoms with E-state index in [0.717, 1.165) is 19.4 Å². The lowest BCUT2D eigenvalue weighted by Crippen LogP contribution is -2.40. The van der Waals surface area contributed by atoms with Crippen LogP contribution in [0.3, 0.4) is 0 Å². The molecule has 1 radical (unpaired) electrons. The average molecular weight is 190 g/mol. The van der Waals surface area contributed by atoms with Gasteiger partial charge in [-0.2, -0.15) is 0 Å². The van der Waals surface area contributed by atoms with Gasteiger partial charge < -0.3 is 4.90 Å². The summed E-state index contributed by atoms with van der Waals surface area (Å²) in [7, 11) is -2.70. The maximum atomic E-state index is 11.0. The van der Waals surface area contributed by atoms with Gasteiger partial charge in [0.2, 0.25) is 0 Å². The fourth-order valence-corrected chi connectivity index (χ4v) is 2.59. The normalized spacial score (nSPS) is 24.1. The number of hydrogen-bond donors (Lipinski definition) is 0. The molecule has 3 nitrogen and oxygen atoms in total. The third-order valence-electron chi connectivity index (χ3n) is 2.16. The van der Waals surface area contributed by atoms with Crippen molar-refractivity contribution < 1.29 is 8.42 Å². The van der Waals surface area contributed by atoms with Crippen molar-refractivity contribution in [2.45, 2.75) is 12.8 Å². The zero-order valence-electron chi connectivity index (χ0n) is 7.33. The van der Waals surface area contributed by atoms with E-state index in [1.165, 1.54) is 0 Å². The van der Waals surface area contributed by atoms with Crippen LogP contribution < -0.4 is 0 Å². The summed E-state index contributed by atoms with van der Waals surface area (Å²) < 4.78 is 22.1. The smallest absolute Gasteiger partial charge is 0.152 e. The van der Waals surface area contributed by atoms with Crippen LogP contribution in [0.15, 0.2) is 0 Å². The Labute approximate surface area is 74.7 Å². The molecule has 0 bridgehead atoms. The molecule has 0 aromatic carbocycles. The van der Waals surface area contributed by atoms with Crippen LogP contribution in [-0.2, 0) is 9.84 Å². The van der Waals surface area contributed by atoms with Gasteiger partial charge in [-0.1, -0.05) is 13.3 Å². The summed E-state index contributed by atoms with van der Waals surface area (Å²) in [5.41, 5.74) is 0. The van der Waals surface area contributed by atoms with Crippen LogP contribution in [0.4, 0.5) is 0 Å². The largest absolute Gasteiger partial charge is 0.301 e. The number of sulfone groups is 1. The minimum atomic E-state index is -2.70. The van der Waals surface area contributed by atoms with E-state index in [1.54, 1.807) is 0 Å². The fourth-order valence-electron chi connectivity index (χ4n) is 1.31. The number of hydrogen-bond acceptors (Lipinski definition) is 3. The van der Waals surface area contributed by atoms with E-state index in [1.807, 2.05) is 0 Å². The third-order valence-corrected chi connectivity index (χ3v) is 3.77. The van der Waals surface area contributed by atoms with Gasteiger partial charge in [0.25, 0.3) is 0 Å². The highest BCUT2D eigenvalue weighted by molar-refractivity contribution is 7.91. The summed E-state index contributed by atoms with van der Waals surface area (Å²) in [5.74, 6) is 0.675. The molecule has 0 atom stereocenters. The molecule has 1 saturated heterocycles. The van der Waals surface area contributed by atoms with Crippen molar-refractivity contribution in [1.29, 1.82) is 0 Å². The van der Waals surface area contributed by atoms with E-state index in [2.05, 4.69) is 11.8 Å². The Hall–Kier alpha value is -0.0900. The quantitative estimate of drug-likeness (QED) is 0.643. The van der Waals surface area contributed by atoms with Crippen molar-refractivity contribution in [1.82, 2.24) is 4.90 Å². The van der Waals surface area contributed by atoms with Gasteiger partial charge in [0.1, 0.15) is 0 Å². The van der Waals surface area contributed by atoms with Gasteiger partial charge in [-0.25, -0.2) is 8.42 Å². The number of rotatable bonds is 3. The van der Waals surface area contributed by atoms with Gasteiger partial charge in [0.15, 0.2) is 9.84 Å². The molecule has 4 heteroatoms. The van der Waals surface area contributed by atoms with E-state index < -0.39 is 9.84 Å². The van der Waals surface area contributed by atoms with Crippen molar-refractivity contribution in [2.75, 3.05) is 31.1 Å². The molecule has 0 aliphatic carbocycles. The molecule has 0 N–H and O–H groups in total. The highest BCUT2D eigenvalue weighted by atomic mass is 32.2. The molecule has 1 fully saturated rings. The Morgan fingerprint density at radius 2 is 1.83 bits per heavy atom. The molecular weight excluding hydrogens is 174 g/mol. The topological polar surface area (TPSA) is 37.4 Å². The van der Waals surface area contributed by atoms with E-state index in [4.69, 9.17) is 0 Å². The first-order chi connectivity index (χ1) is 5.64. The van der Waals surface area contributed by atoms with Gasteiger partial charge in [-0.05, 0) is 13.0 Å².